The summed E-state index contributed by atoms with van der Waals surface area (Å²) in [5.41, 5.74) is 6.97. The first-order valence-electron chi connectivity index (χ1n) is 13.2. The van der Waals surface area contributed by atoms with E-state index in [1.165, 1.54) is 11.1 Å². The highest BCUT2D eigenvalue weighted by Crippen LogP contribution is 2.61. The van der Waals surface area contributed by atoms with E-state index < -0.39 is 5.16 Å². The average Bonchev–Trinajstić information content (AvgIpc) is 3.34. The molecule has 4 aromatic rings. The summed E-state index contributed by atoms with van der Waals surface area (Å²) in [5, 5.41) is 2.33. The first-order chi connectivity index (χ1) is 17.5. The average molecular weight is 525 g/mol. The molecule has 0 radical (unpaired) electrons. The van der Waals surface area contributed by atoms with E-state index in [-0.39, 0.29) is 18.2 Å². The monoisotopic (exact) mass is 524 g/mol. The fourth-order valence-electron chi connectivity index (χ4n) is 5.78. The fourth-order valence-corrected chi connectivity index (χ4v) is 10.00. The highest BCUT2D eigenvalue weighted by molar-refractivity contribution is 7.61. The minimum Gasteiger partial charge on any atom is -0.251 e. The maximum atomic E-state index is 5.24. The molecule has 5 rings (SSSR count). The van der Waals surface area contributed by atoms with Gasteiger partial charge in [0.25, 0.3) is 0 Å². The molecule has 2 heterocycles. The molecule has 0 saturated carbocycles. The number of aromatic nitrogens is 2. The molecule has 190 valence electrons. The minimum atomic E-state index is -0.510. The number of nitrogens with zero attached hydrogens (tertiary/aromatic N) is 2. The number of hydrogen-bond donors (Lipinski definition) is 0. The highest BCUT2D eigenvalue weighted by Gasteiger charge is 2.41. The Bertz CT molecular complexity index is 1430. The number of rotatable bonds is 5. The van der Waals surface area contributed by atoms with Crippen molar-refractivity contribution in [3.05, 3.63) is 107 Å². The van der Waals surface area contributed by atoms with Crippen molar-refractivity contribution >= 4 is 39.0 Å². The van der Waals surface area contributed by atoms with E-state index >= 15 is 0 Å². The molecule has 4 heteroatoms. The van der Waals surface area contributed by atoms with Crippen molar-refractivity contribution in [1.29, 1.82) is 0 Å². The first-order valence-corrected chi connectivity index (χ1v) is 15.3. The van der Waals surface area contributed by atoms with Crippen molar-refractivity contribution in [2.75, 3.05) is 6.16 Å². The van der Waals surface area contributed by atoms with Crippen LogP contribution in [0, 0.1) is 0 Å². The van der Waals surface area contributed by atoms with Crippen LogP contribution in [-0.4, -0.2) is 26.4 Å². The smallest absolute Gasteiger partial charge is 0.0902 e. The van der Waals surface area contributed by atoms with Crippen LogP contribution in [0.5, 0.6) is 0 Å². The highest BCUT2D eigenvalue weighted by atomic mass is 31.1. The van der Waals surface area contributed by atoms with Gasteiger partial charge in [-0.25, -0.2) is 0 Å². The molecule has 2 aromatic heterocycles. The summed E-state index contributed by atoms with van der Waals surface area (Å²) < 4.78 is 0. The molecule has 2 nitrogen and oxygen atoms in total. The lowest BCUT2D eigenvalue weighted by Crippen LogP contribution is -2.29. The Kier molecular flexibility index (Phi) is 6.89. The predicted molar refractivity (Wildman–Crippen MR) is 166 cm³/mol. The van der Waals surface area contributed by atoms with Crippen LogP contribution in [-0.2, 0) is 5.16 Å². The van der Waals surface area contributed by atoms with Gasteiger partial charge in [0.05, 0.1) is 27.6 Å². The van der Waals surface area contributed by atoms with Gasteiger partial charge in [-0.1, -0.05) is 110 Å². The molecule has 0 fully saturated rings. The Hall–Kier alpha value is -2.40. The van der Waals surface area contributed by atoms with Crippen molar-refractivity contribution in [1.82, 2.24) is 9.97 Å². The molecule has 0 N–H and O–H groups in total. The van der Waals surface area contributed by atoms with Gasteiger partial charge in [0.2, 0.25) is 0 Å². The third-order valence-corrected chi connectivity index (χ3v) is 12.3. The largest absolute Gasteiger partial charge is 0.251 e. The Morgan fingerprint density at radius 3 is 1.68 bits per heavy atom. The van der Waals surface area contributed by atoms with Gasteiger partial charge in [0.1, 0.15) is 0 Å². The van der Waals surface area contributed by atoms with E-state index in [4.69, 9.17) is 9.97 Å². The quantitative estimate of drug-likeness (QED) is 0.243. The second kappa shape index (κ2) is 9.72. The molecular formula is C33H38N2P2. The predicted octanol–water partition coefficient (Wildman–Crippen LogP) is 9.24. The lowest BCUT2D eigenvalue weighted by atomic mass is 9.86. The van der Waals surface area contributed by atoms with Crippen LogP contribution in [0.2, 0.25) is 0 Å². The van der Waals surface area contributed by atoms with Gasteiger partial charge in [0.15, 0.2) is 0 Å². The lowest BCUT2D eigenvalue weighted by molar-refractivity contribution is 0.705. The van der Waals surface area contributed by atoms with Gasteiger partial charge in [-0.3, -0.25) is 9.97 Å². The van der Waals surface area contributed by atoms with Crippen molar-refractivity contribution < 1.29 is 0 Å². The summed E-state index contributed by atoms with van der Waals surface area (Å²) in [5.74, 6) is 0. The maximum absolute atomic E-state index is 5.24. The van der Waals surface area contributed by atoms with Crippen molar-refractivity contribution in [2.24, 2.45) is 0 Å². The molecule has 0 saturated heterocycles. The maximum Gasteiger partial charge on any atom is 0.0902 e. The van der Waals surface area contributed by atoms with E-state index in [1.54, 1.807) is 0 Å². The Morgan fingerprint density at radius 1 is 0.703 bits per heavy atom. The van der Waals surface area contributed by atoms with Crippen molar-refractivity contribution in [3.63, 3.8) is 0 Å². The van der Waals surface area contributed by atoms with Gasteiger partial charge in [-0.05, 0) is 58.3 Å². The van der Waals surface area contributed by atoms with Gasteiger partial charge in [-0.15, -0.1) is 9.24 Å². The molecule has 37 heavy (non-hydrogen) atoms. The first kappa shape index (κ1) is 26.2. The van der Waals surface area contributed by atoms with E-state index in [2.05, 4.69) is 136 Å². The van der Waals surface area contributed by atoms with Crippen LogP contribution in [0.1, 0.15) is 59.4 Å². The fraction of sp³-hybridized carbons (Fsp3) is 0.333. The molecule has 1 atom stereocenters. The van der Waals surface area contributed by atoms with Crippen LogP contribution >= 0.6 is 17.2 Å². The Labute approximate surface area is 225 Å². The van der Waals surface area contributed by atoms with Crippen LogP contribution in [0.25, 0.3) is 21.8 Å². The van der Waals surface area contributed by atoms with Crippen LogP contribution in [0.3, 0.4) is 0 Å². The third kappa shape index (κ3) is 5.04. The molecule has 1 aliphatic carbocycles. The molecule has 0 aliphatic heterocycles. The van der Waals surface area contributed by atoms with Gasteiger partial charge < -0.3 is 0 Å². The standard InChI is InChI=1S/C33H38N2P2/c1-31(2,3)37(32(4,5)6)22-25-14-11-15-26(25)33(36,29-20-18-23-12-7-9-16-27(23)34-29)30-21-19-24-13-8-10-17-28(24)35-30/h7-14,16-21H,15,22,36H2,1-6H3. The van der Waals surface area contributed by atoms with E-state index in [0.717, 1.165) is 45.8 Å². The number of benzene rings is 2. The van der Waals surface area contributed by atoms with E-state index in [0.29, 0.717) is 0 Å². The Balaban J connectivity index is 1.73. The van der Waals surface area contributed by atoms with Crippen LogP contribution in [0.15, 0.2) is 96.1 Å². The number of para-hydroxylation sites is 2. The summed E-state index contributed by atoms with van der Waals surface area (Å²) in [6, 6.07) is 25.6. The molecule has 2 aromatic carbocycles. The summed E-state index contributed by atoms with van der Waals surface area (Å²) in [6.07, 6.45) is 6.73. The van der Waals surface area contributed by atoms with Crippen LogP contribution < -0.4 is 0 Å². The summed E-state index contributed by atoms with van der Waals surface area (Å²) in [6.45, 7) is 14.5. The zero-order valence-electron chi connectivity index (χ0n) is 22.9. The summed E-state index contributed by atoms with van der Waals surface area (Å²) in [7, 11) is 2.94. The summed E-state index contributed by atoms with van der Waals surface area (Å²) >= 11 is 0. The van der Waals surface area contributed by atoms with Crippen LogP contribution in [0.4, 0.5) is 0 Å². The number of fused-ring (bicyclic) bond motifs is 2. The van der Waals surface area contributed by atoms with Gasteiger partial charge in [-0.2, -0.15) is 0 Å². The zero-order valence-corrected chi connectivity index (χ0v) is 25.0. The second-order valence-electron chi connectivity index (χ2n) is 12.1. The van der Waals surface area contributed by atoms with Crippen molar-refractivity contribution in [3.8, 4) is 0 Å². The normalized spacial score (nSPS) is 14.9. The van der Waals surface area contributed by atoms with E-state index in [9.17, 15) is 0 Å². The minimum absolute atomic E-state index is 0.258. The van der Waals surface area contributed by atoms with Gasteiger partial charge >= 0.3 is 0 Å². The molecule has 1 unspecified atom stereocenters. The zero-order chi connectivity index (χ0) is 26.4. The van der Waals surface area contributed by atoms with E-state index in [1.807, 2.05) is 0 Å². The third-order valence-electron chi connectivity index (χ3n) is 7.46. The van der Waals surface area contributed by atoms with Crippen molar-refractivity contribution in [2.45, 2.75) is 63.4 Å². The SMILES string of the molecule is CC(C)(C)P(CC1=C(C(P)(c2ccc3ccccc3n2)c2ccc3ccccc3n2)CC=C1)C(C)(C)C. The summed E-state index contributed by atoms with van der Waals surface area (Å²) in [4.78, 5) is 10.5. The second-order valence-corrected chi connectivity index (χ2v) is 16.8. The molecule has 0 spiro atoms. The number of pyridine rings is 2. The Morgan fingerprint density at radius 2 is 1.19 bits per heavy atom. The number of allylic oxidation sites excluding steroid dienone is 4. The number of hydrogen-bond acceptors (Lipinski definition) is 2. The molecular weight excluding hydrogens is 486 g/mol. The molecule has 0 amide bonds. The molecule has 1 aliphatic rings. The molecule has 0 bridgehead atoms. The topological polar surface area (TPSA) is 25.8 Å². The lowest BCUT2D eigenvalue weighted by Gasteiger charge is -2.42. The van der Waals surface area contributed by atoms with Gasteiger partial charge in [0, 0.05) is 10.8 Å².